The summed E-state index contributed by atoms with van der Waals surface area (Å²) in [5.41, 5.74) is 3.05. The predicted octanol–water partition coefficient (Wildman–Crippen LogP) is 4.40. The Morgan fingerprint density at radius 1 is 0.815 bits per heavy atom. The van der Waals surface area contributed by atoms with Crippen LogP contribution in [0.4, 0.5) is 5.13 Å². The summed E-state index contributed by atoms with van der Waals surface area (Å²) in [6.45, 7) is 0.738. The lowest BCUT2D eigenvalue weighted by Gasteiger charge is -2.14. The molecule has 0 saturated heterocycles. The second-order valence-corrected chi connectivity index (χ2v) is 7.38. The Balaban J connectivity index is 1.82. The maximum absolute atomic E-state index is 13.3. The van der Waals surface area contributed by atoms with E-state index in [9.17, 15) is 5.11 Å². The standard InChI is InChI=1S/C23H20N2OS/c1-24(17-18-11-5-2-6-12-18)23-25(20-15-9-4-10-16-20)22(26)21(27-23)19-13-7-3-8-14-19/h2-16H,17H2,1H3. The first-order valence-corrected chi connectivity index (χ1v) is 9.67. The second-order valence-electron chi connectivity index (χ2n) is 6.40. The molecule has 0 aliphatic heterocycles. The van der Waals surface area contributed by atoms with E-state index in [0.717, 1.165) is 27.8 Å². The predicted molar refractivity (Wildman–Crippen MR) is 109 cm³/mol. The van der Waals surface area contributed by atoms with Crippen molar-refractivity contribution < 1.29 is 9.67 Å². The van der Waals surface area contributed by atoms with E-state index in [4.69, 9.17) is 0 Å². The van der Waals surface area contributed by atoms with Crippen molar-refractivity contribution in [3.63, 3.8) is 0 Å². The largest absolute Gasteiger partial charge is 0.841 e. The third kappa shape index (κ3) is 3.57. The normalized spacial score (nSPS) is 10.7. The van der Waals surface area contributed by atoms with Gasteiger partial charge in [-0.3, -0.25) is 4.90 Å². The van der Waals surface area contributed by atoms with Crippen molar-refractivity contribution in [2.75, 3.05) is 11.9 Å². The number of nitrogens with zero attached hydrogens (tertiary/aromatic N) is 2. The summed E-state index contributed by atoms with van der Waals surface area (Å²) in [6.07, 6.45) is 0. The van der Waals surface area contributed by atoms with Gasteiger partial charge in [-0.1, -0.05) is 78.9 Å². The summed E-state index contributed by atoms with van der Waals surface area (Å²) < 4.78 is 1.82. The molecule has 0 saturated carbocycles. The van der Waals surface area contributed by atoms with Crippen LogP contribution in [0.15, 0.2) is 91.0 Å². The van der Waals surface area contributed by atoms with Gasteiger partial charge in [0.05, 0.1) is 17.8 Å². The van der Waals surface area contributed by atoms with Gasteiger partial charge in [0.25, 0.3) is 0 Å². The van der Waals surface area contributed by atoms with E-state index in [1.165, 1.54) is 16.9 Å². The molecule has 4 rings (SSSR count). The molecule has 3 aromatic carbocycles. The van der Waals surface area contributed by atoms with Crippen LogP contribution in [0.5, 0.6) is 5.88 Å². The van der Waals surface area contributed by atoms with Gasteiger partial charge in [-0.2, -0.15) is 4.57 Å². The first-order chi connectivity index (χ1) is 13.2. The number of rotatable bonds is 5. The molecular formula is C23H20N2OS. The van der Waals surface area contributed by atoms with E-state index >= 15 is 0 Å². The Morgan fingerprint density at radius 3 is 2.00 bits per heavy atom. The molecule has 4 heteroatoms. The minimum absolute atomic E-state index is 0.0207. The molecule has 0 amide bonds. The molecule has 0 radical (unpaired) electrons. The summed E-state index contributed by atoms with van der Waals surface area (Å²) in [5, 5.41) is 14.2. The molecule has 0 N–H and O–H groups in total. The molecule has 0 bridgehead atoms. The van der Waals surface area contributed by atoms with Crippen molar-refractivity contribution in [2.24, 2.45) is 0 Å². The number of hydrogen-bond donors (Lipinski definition) is 0. The Hall–Kier alpha value is -3.11. The molecule has 0 atom stereocenters. The third-order valence-corrected chi connectivity index (χ3v) is 5.71. The van der Waals surface area contributed by atoms with Crippen molar-refractivity contribution in [2.45, 2.75) is 6.54 Å². The van der Waals surface area contributed by atoms with E-state index in [-0.39, 0.29) is 5.88 Å². The Bertz CT molecular complexity index is 1010. The molecule has 134 valence electrons. The zero-order chi connectivity index (χ0) is 18.6. The lowest BCUT2D eigenvalue weighted by Crippen LogP contribution is -2.38. The minimum Gasteiger partial charge on any atom is -0.841 e. The summed E-state index contributed by atoms with van der Waals surface area (Å²) in [7, 11) is 2.03. The molecule has 27 heavy (non-hydrogen) atoms. The van der Waals surface area contributed by atoms with Crippen LogP contribution in [0.2, 0.25) is 0 Å². The van der Waals surface area contributed by atoms with Crippen LogP contribution in [-0.2, 0) is 6.54 Å². The van der Waals surface area contributed by atoms with Gasteiger partial charge in [0, 0.05) is 0 Å². The van der Waals surface area contributed by atoms with Gasteiger partial charge in [-0.05, 0) is 34.6 Å². The van der Waals surface area contributed by atoms with E-state index in [1.54, 1.807) is 0 Å². The highest BCUT2D eigenvalue weighted by atomic mass is 32.1. The molecular weight excluding hydrogens is 352 g/mol. The van der Waals surface area contributed by atoms with Gasteiger partial charge in [0.1, 0.15) is 12.2 Å². The topological polar surface area (TPSA) is 30.2 Å². The monoisotopic (exact) mass is 372 g/mol. The Morgan fingerprint density at radius 2 is 1.37 bits per heavy atom. The molecule has 0 unspecified atom stereocenters. The fraction of sp³-hybridized carbons (Fsp3) is 0.0870. The van der Waals surface area contributed by atoms with Crippen LogP contribution in [-0.4, -0.2) is 7.05 Å². The van der Waals surface area contributed by atoms with Crippen molar-refractivity contribution >= 4 is 16.5 Å². The van der Waals surface area contributed by atoms with Gasteiger partial charge >= 0.3 is 5.13 Å². The SMILES string of the molecule is CN(Cc1ccccc1)c1sc(-c2ccccc2)c([O-])[n+]1-c1ccccc1. The number of aromatic nitrogens is 1. The van der Waals surface area contributed by atoms with Gasteiger partial charge in [0.2, 0.25) is 0 Å². The minimum atomic E-state index is 0.0207. The quantitative estimate of drug-likeness (QED) is 0.486. The van der Waals surface area contributed by atoms with Crippen LogP contribution in [0, 0.1) is 0 Å². The van der Waals surface area contributed by atoms with E-state index in [0.29, 0.717) is 0 Å². The summed E-state index contributed by atoms with van der Waals surface area (Å²) >= 11 is 1.54. The molecule has 1 aromatic heterocycles. The maximum atomic E-state index is 13.3. The molecule has 0 aliphatic carbocycles. The number of thiazole rings is 1. The molecule has 0 spiro atoms. The molecule has 0 fully saturated rings. The third-order valence-electron chi connectivity index (χ3n) is 4.42. The highest BCUT2D eigenvalue weighted by Crippen LogP contribution is 2.37. The Kier molecular flexibility index (Phi) is 4.90. The van der Waals surface area contributed by atoms with Crippen molar-refractivity contribution in [3.05, 3.63) is 96.6 Å². The number of para-hydroxylation sites is 1. The summed E-state index contributed by atoms with van der Waals surface area (Å²) in [6, 6.07) is 30.0. The lowest BCUT2D eigenvalue weighted by molar-refractivity contribution is -0.634. The average Bonchev–Trinajstić information content (AvgIpc) is 3.07. The van der Waals surface area contributed by atoms with Gasteiger partial charge < -0.3 is 5.11 Å². The highest BCUT2D eigenvalue weighted by Gasteiger charge is 2.25. The summed E-state index contributed by atoms with van der Waals surface area (Å²) in [4.78, 5) is 2.90. The van der Waals surface area contributed by atoms with E-state index in [2.05, 4.69) is 17.0 Å². The van der Waals surface area contributed by atoms with E-state index in [1.807, 2.05) is 90.5 Å². The molecule has 0 aliphatic rings. The zero-order valence-corrected chi connectivity index (χ0v) is 15.9. The van der Waals surface area contributed by atoms with Crippen molar-refractivity contribution in [1.82, 2.24) is 0 Å². The maximum Gasteiger partial charge on any atom is 0.341 e. The summed E-state index contributed by atoms with van der Waals surface area (Å²) in [5.74, 6) is 0.0207. The number of hydrogen-bond acceptors (Lipinski definition) is 3. The first-order valence-electron chi connectivity index (χ1n) is 8.86. The van der Waals surface area contributed by atoms with Crippen LogP contribution in [0.3, 0.4) is 0 Å². The first kappa shape index (κ1) is 17.3. The fourth-order valence-corrected chi connectivity index (χ4v) is 4.23. The van der Waals surface area contributed by atoms with Crippen molar-refractivity contribution in [1.29, 1.82) is 0 Å². The van der Waals surface area contributed by atoms with Crippen LogP contribution >= 0.6 is 11.3 Å². The molecule has 4 aromatic rings. The number of anilines is 1. The van der Waals surface area contributed by atoms with E-state index < -0.39 is 0 Å². The van der Waals surface area contributed by atoms with Crippen LogP contribution < -0.4 is 14.6 Å². The molecule has 1 heterocycles. The Labute approximate surface area is 163 Å². The fourth-order valence-electron chi connectivity index (χ4n) is 3.12. The second kappa shape index (κ2) is 7.64. The lowest BCUT2D eigenvalue weighted by atomic mass is 10.2. The molecule has 3 nitrogen and oxygen atoms in total. The highest BCUT2D eigenvalue weighted by molar-refractivity contribution is 7.18. The smallest absolute Gasteiger partial charge is 0.341 e. The van der Waals surface area contributed by atoms with Gasteiger partial charge in [0.15, 0.2) is 0 Å². The zero-order valence-electron chi connectivity index (χ0n) is 15.1. The van der Waals surface area contributed by atoms with Crippen LogP contribution in [0.1, 0.15) is 5.56 Å². The van der Waals surface area contributed by atoms with Gasteiger partial charge in [-0.15, -0.1) is 0 Å². The van der Waals surface area contributed by atoms with Crippen molar-refractivity contribution in [3.8, 4) is 22.0 Å². The van der Waals surface area contributed by atoms with Crippen LogP contribution in [0.25, 0.3) is 16.1 Å². The number of benzene rings is 3. The van der Waals surface area contributed by atoms with Gasteiger partial charge in [-0.25, -0.2) is 0 Å². The average molecular weight is 372 g/mol.